The second-order valence-corrected chi connectivity index (χ2v) is 7.40. The standard InChI is InChI=1S/C26H16N2O/c1-16-6-4-8-19-20-9-5-11-24(26(20)29-25(16)19)28-22-10-3-2-7-18(22)21-14-17(15-27)12-13-23(21)28/h2-14H,1H3. The van der Waals surface area contributed by atoms with Gasteiger partial charge in [0.2, 0.25) is 0 Å². The fraction of sp³-hybridized carbons (Fsp3) is 0.0385. The maximum absolute atomic E-state index is 9.37. The third-order valence-electron chi connectivity index (χ3n) is 5.74. The molecule has 0 N–H and O–H groups in total. The summed E-state index contributed by atoms with van der Waals surface area (Å²) in [5.41, 5.74) is 6.78. The van der Waals surface area contributed by atoms with Crippen molar-refractivity contribution in [1.29, 1.82) is 5.26 Å². The molecule has 0 spiro atoms. The number of hydrogen-bond donors (Lipinski definition) is 0. The van der Waals surface area contributed by atoms with Crippen molar-refractivity contribution in [3.05, 3.63) is 90.0 Å². The monoisotopic (exact) mass is 372 g/mol. The van der Waals surface area contributed by atoms with Gasteiger partial charge in [0, 0.05) is 21.5 Å². The molecule has 29 heavy (non-hydrogen) atoms. The fourth-order valence-corrected chi connectivity index (χ4v) is 4.42. The molecule has 0 radical (unpaired) electrons. The van der Waals surface area contributed by atoms with Crippen molar-refractivity contribution in [3.8, 4) is 11.8 Å². The van der Waals surface area contributed by atoms with Crippen molar-refractivity contribution in [2.45, 2.75) is 6.92 Å². The molecule has 0 saturated carbocycles. The Morgan fingerprint density at radius 1 is 0.724 bits per heavy atom. The van der Waals surface area contributed by atoms with Gasteiger partial charge in [0.1, 0.15) is 5.58 Å². The van der Waals surface area contributed by atoms with Crippen molar-refractivity contribution < 1.29 is 4.42 Å². The van der Waals surface area contributed by atoms with E-state index < -0.39 is 0 Å². The first-order valence-electron chi connectivity index (χ1n) is 9.61. The highest BCUT2D eigenvalue weighted by atomic mass is 16.3. The normalized spacial score (nSPS) is 11.6. The van der Waals surface area contributed by atoms with Gasteiger partial charge in [-0.05, 0) is 42.8 Å². The largest absolute Gasteiger partial charge is 0.454 e. The zero-order valence-electron chi connectivity index (χ0n) is 15.8. The van der Waals surface area contributed by atoms with Crippen LogP contribution in [0.1, 0.15) is 11.1 Å². The van der Waals surface area contributed by atoms with Crippen LogP contribution in [0.5, 0.6) is 0 Å². The molecule has 0 atom stereocenters. The molecule has 0 saturated heterocycles. The van der Waals surface area contributed by atoms with Crippen molar-refractivity contribution in [1.82, 2.24) is 4.57 Å². The number of nitrogens with zero attached hydrogens (tertiary/aromatic N) is 2. The van der Waals surface area contributed by atoms with Gasteiger partial charge >= 0.3 is 0 Å². The number of nitriles is 1. The Labute approximate surface area is 167 Å². The minimum Gasteiger partial charge on any atom is -0.454 e. The first-order valence-corrected chi connectivity index (χ1v) is 9.61. The van der Waals surface area contributed by atoms with Crippen LogP contribution in [0.15, 0.2) is 83.3 Å². The molecule has 4 aromatic carbocycles. The van der Waals surface area contributed by atoms with Crippen molar-refractivity contribution in [3.63, 3.8) is 0 Å². The highest BCUT2D eigenvalue weighted by Gasteiger charge is 2.17. The molecule has 3 nitrogen and oxygen atoms in total. The van der Waals surface area contributed by atoms with E-state index in [0.29, 0.717) is 5.56 Å². The van der Waals surface area contributed by atoms with E-state index in [4.69, 9.17) is 4.42 Å². The van der Waals surface area contributed by atoms with E-state index in [0.717, 1.165) is 55.0 Å². The number of furan rings is 1. The Morgan fingerprint density at radius 2 is 1.45 bits per heavy atom. The fourth-order valence-electron chi connectivity index (χ4n) is 4.42. The molecule has 0 aliphatic heterocycles. The van der Waals surface area contributed by atoms with Crippen LogP contribution in [0.25, 0.3) is 49.4 Å². The van der Waals surface area contributed by atoms with Gasteiger partial charge in [0.05, 0.1) is 28.4 Å². The molecule has 0 aliphatic rings. The van der Waals surface area contributed by atoms with Crippen molar-refractivity contribution >= 4 is 43.7 Å². The molecule has 0 fully saturated rings. The van der Waals surface area contributed by atoms with E-state index in [1.807, 2.05) is 30.3 Å². The van der Waals surface area contributed by atoms with Gasteiger partial charge in [-0.3, -0.25) is 0 Å². The van der Waals surface area contributed by atoms with Gasteiger partial charge in [0.15, 0.2) is 5.58 Å². The van der Waals surface area contributed by atoms with Crippen LogP contribution in [0.4, 0.5) is 0 Å². The zero-order chi connectivity index (χ0) is 19.5. The molecule has 136 valence electrons. The van der Waals surface area contributed by atoms with Gasteiger partial charge in [-0.15, -0.1) is 0 Å². The first kappa shape index (κ1) is 16.0. The minimum atomic E-state index is 0.665. The van der Waals surface area contributed by atoms with Crippen molar-refractivity contribution in [2.75, 3.05) is 0 Å². The molecule has 2 aromatic heterocycles. The Balaban J connectivity index is 1.81. The second-order valence-electron chi connectivity index (χ2n) is 7.40. The Hall–Kier alpha value is -4.03. The summed E-state index contributed by atoms with van der Waals surface area (Å²) in [5.74, 6) is 0. The topological polar surface area (TPSA) is 41.9 Å². The highest BCUT2D eigenvalue weighted by Crippen LogP contribution is 2.38. The molecule has 0 amide bonds. The van der Waals surface area contributed by atoms with Gasteiger partial charge in [-0.1, -0.05) is 48.5 Å². The van der Waals surface area contributed by atoms with Crippen LogP contribution < -0.4 is 0 Å². The van der Waals surface area contributed by atoms with E-state index in [1.54, 1.807) is 0 Å². The summed E-state index contributed by atoms with van der Waals surface area (Å²) in [6, 6.07) is 29.0. The molecule has 0 aliphatic carbocycles. The SMILES string of the molecule is Cc1cccc2c1oc1c(-n3c4ccccc4c4cc(C#N)ccc43)cccc12. The summed E-state index contributed by atoms with van der Waals surface area (Å²) in [6.07, 6.45) is 0. The van der Waals surface area contributed by atoms with Crippen LogP contribution in [0.3, 0.4) is 0 Å². The van der Waals surface area contributed by atoms with Crippen LogP contribution in [0, 0.1) is 18.3 Å². The number of aryl methyl sites for hydroxylation is 1. The Morgan fingerprint density at radius 3 is 2.31 bits per heavy atom. The van der Waals surface area contributed by atoms with Crippen LogP contribution in [-0.4, -0.2) is 4.57 Å². The number of hydrogen-bond acceptors (Lipinski definition) is 2. The van der Waals surface area contributed by atoms with Gasteiger partial charge in [0.25, 0.3) is 0 Å². The number of benzene rings is 4. The lowest BCUT2D eigenvalue weighted by Crippen LogP contribution is -1.94. The molecule has 2 heterocycles. The van der Waals surface area contributed by atoms with E-state index in [9.17, 15) is 5.26 Å². The molecule has 0 bridgehead atoms. The minimum absolute atomic E-state index is 0.665. The summed E-state index contributed by atoms with van der Waals surface area (Å²) in [5, 5.41) is 13.8. The maximum Gasteiger partial charge on any atom is 0.159 e. The summed E-state index contributed by atoms with van der Waals surface area (Å²) in [6.45, 7) is 2.08. The molecular weight excluding hydrogens is 356 g/mol. The Kier molecular flexibility index (Phi) is 3.16. The molecule has 0 unspecified atom stereocenters. The predicted molar refractivity (Wildman–Crippen MR) is 118 cm³/mol. The average Bonchev–Trinajstić information content (AvgIpc) is 3.30. The van der Waals surface area contributed by atoms with E-state index in [2.05, 4.69) is 66.1 Å². The van der Waals surface area contributed by atoms with Crippen molar-refractivity contribution in [2.24, 2.45) is 0 Å². The number of aromatic nitrogens is 1. The van der Waals surface area contributed by atoms with E-state index in [-0.39, 0.29) is 0 Å². The maximum atomic E-state index is 9.37. The third kappa shape index (κ3) is 2.11. The first-order chi connectivity index (χ1) is 14.3. The lowest BCUT2D eigenvalue weighted by Gasteiger charge is -2.08. The highest BCUT2D eigenvalue weighted by molar-refractivity contribution is 6.13. The molecule has 6 rings (SSSR count). The third-order valence-corrected chi connectivity index (χ3v) is 5.74. The summed E-state index contributed by atoms with van der Waals surface area (Å²) in [4.78, 5) is 0. The number of rotatable bonds is 1. The molecule has 6 aromatic rings. The molecular formula is C26H16N2O. The van der Waals surface area contributed by atoms with Gasteiger partial charge in [-0.25, -0.2) is 0 Å². The summed E-state index contributed by atoms with van der Waals surface area (Å²) >= 11 is 0. The van der Waals surface area contributed by atoms with Crippen LogP contribution in [-0.2, 0) is 0 Å². The summed E-state index contributed by atoms with van der Waals surface area (Å²) < 4.78 is 8.65. The Bertz CT molecular complexity index is 1630. The average molecular weight is 372 g/mol. The van der Waals surface area contributed by atoms with Crippen LogP contribution >= 0.6 is 0 Å². The van der Waals surface area contributed by atoms with Crippen LogP contribution in [0.2, 0.25) is 0 Å². The summed E-state index contributed by atoms with van der Waals surface area (Å²) in [7, 11) is 0. The number of para-hydroxylation sites is 3. The lowest BCUT2D eigenvalue weighted by atomic mass is 10.1. The quantitative estimate of drug-likeness (QED) is 0.316. The van der Waals surface area contributed by atoms with E-state index in [1.165, 1.54) is 0 Å². The van der Waals surface area contributed by atoms with Gasteiger partial charge < -0.3 is 8.98 Å². The van der Waals surface area contributed by atoms with E-state index >= 15 is 0 Å². The molecule has 3 heteroatoms. The zero-order valence-corrected chi connectivity index (χ0v) is 15.8. The smallest absolute Gasteiger partial charge is 0.159 e. The number of fused-ring (bicyclic) bond motifs is 6. The van der Waals surface area contributed by atoms with Gasteiger partial charge in [-0.2, -0.15) is 5.26 Å². The second kappa shape index (κ2) is 5.73. The predicted octanol–water partition coefficient (Wildman–Crippen LogP) is 6.86. The lowest BCUT2D eigenvalue weighted by molar-refractivity contribution is 0.663.